The second kappa shape index (κ2) is 7.91. The van der Waals surface area contributed by atoms with Crippen molar-refractivity contribution in [3.63, 3.8) is 0 Å². The first-order valence-electron chi connectivity index (χ1n) is 8.11. The molecular weight excluding hydrogens is 334 g/mol. The number of rotatable bonds is 6. The fourth-order valence-corrected chi connectivity index (χ4v) is 2.90. The summed E-state index contributed by atoms with van der Waals surface area (Å²) in [5, 5.41) is 12.2. The molecule has 0 aliphatic rings. The van der Waals surface area contributed by atoms with Crippen molar-refractivity contribution >= 4 is 11.9 Å². The topological polar surface area (TPSA) is 84.9 Å². The van der Waals surface area contributed by atoms with Gasteiger partial charge in [-0.05, 0) is 44.0 Å². The summed E-state index contributed by atoms with van der Waals surface area (Å²) in [5.74, 6) is -0.705. The van der Waals surface area contributed by atoms with Gasteiger partial charge in [0.25, 0.3) is 5.91 Å². The second-order valence-corrected chi connectivity index (χ2v) is 6.19. The lowest BCUT2D eigenvalue weighted by Gasteiger charge is -2.18. The summed E-state index contributed by atoms with van der Waals surface area (Å²) in [6.45, 7) is 5.52. The van der Waals surface area contributed by atoms with E-state index in [1.54, 1.807) is 31.2 Å². The molecule has 0 saturated heterocycles. The molecule has 2 aromatic carbocycles. The number of carbonyl (C=O) groups is 2. The van der Waals surface area contributed by atoms with Crippen LogP contribution in [0.2, 0.25) is 0 Å². The molecule has 0 aliphatic carbocycles. The molecule has 26 heavy (non-hydrogen) atoms. The first-order valence-corrected chi connectivity index (χ1v) is 8.11. The molecule has 0 spiro atoms. The highest BCUT2D eigenvalue weighted by Crippen LogP contribution is 2.30. The van der Waals surface area contributed by atoms with Gasteiger partial charge in [-0.1, -0.05) is 29.3 Å². The Labute approximate surface area is 152 Å². The number of methoxy groups -OCH3 is 2. The number of aliphatic carboxylic acids is 1. The lowest BCUT2D eigenvalue weighted by Crippen LogP contribution is -2.34. The summed E-state index contributed by atoms with van der Waals surface area (Å²) in [4.78, 5) is 24.5. The van der Waals surface area contributed by atoms with E-state index in [0.717, 1.165) is 11.1 Å². The van der Waals surface area contributed by atoms with Crippen molar-refractivity contribution in [2.24, 2.45) is 0 Å². The number of carboxylic acids is 1. The average Bonchev–Trinajstić information content (AvgIpc) is 2.57. The molecule has 1 unspecified atom stereocenters. The number of benzene rings is 2. The van der Waals surface area contributed by atoms with Gasteiger partial charge in [-0.15, -0.1) is 0 Å². The monoisotopic (exact) mass is 357 g/mol. The summed E-state index contributed by atoms with van der Waals surface area (Å²) in [5.41, 5.74) is 3.38. The minimum Gasteiger partial charge on any atom is -0.493 e. The highest BCUT2D eigenvalue weighted by Gasteiger charge is 2.24. The third-order valence-corrected chi connectivity index (χ3v) is 4.07. The van der Waals surface area contributed by atoms with Gasteiger partial charge in [0.05, 0.1) is 14.2 Å². The van der Waals surface area contributed by atoms with E-state index in [2.05, 4.69) is 5.32 Å². The molecule has 0 saturated carbocycles. The van der Waals surface area contributed by atoms with Crippen LogP contribution in [-0.2, 0) is 4.79 Å². The maximum Gasteiger partial charge on any atom is 0.330 e. The summed E-state index contributed by atoms with van der Waals surface area (Å²) in [7, 11) is 2.99. The first-order chi connectivity index (χ1) is 12.3. The Hall–Kier alpha value is -3.02. The number of amides is 1. The van der Waals surface area contributed by atoms with Crippen molar-refractivity contribution in [3.8, 4) is 11.5 Å². The van der Waals surface area contributed by atoms with E-state index in [4.69, 9.17) is 9.47 Å². The fraction of sp³-hybridized carbons (Fsp3) is 0.300. The van der Waals surface area contributed by atoms with Gasteiger partial charge < -0.3 is 19.9 Å². The Morgan fingerprint density at radius 2 is 1.46 bits per heavy atom. The van der Waals surface area contributed by atoms with Gasteiger partial charge in [0, 0.05) is 5.56 Å². The fourth-order valence-electron chi connectivity index (χ4n) is 2.90. The molecule has 6 heteroatoms. The van der Waals surface area contributed by atoms with Gasteiger partial charge in [-0.3, -0.25) is 4.79 Å². The van der Waals surface area contributed by atoms with Gasteiger partial charge in [0.1, 0.15) is 0 Å². The van der Waals surface area contributed by atoms with Crippen molar-refractivity contribution in [2.45, 2.75) is 26.8 Å². The van der Waals surface area contributed by atoms with Crippen LogP contribution in [0.4, 0.5) is 0 Å². The molecule has 0 fully saturated rings. The number of ether oxygens (including phenoxy) is 2. The molecule has 138 valence electrons. The van der Waals surface area contributed by atoms with Crippen LogP contribution in [-0.4, -0.2) is 31.2 Å². The molecule has 0 aliphatic heterocycles. The average molecular weight is 357 g/mol. The maximum atomic E-state index is 12.7. The number of carbonyl (C=O) groups excluding carboxylic acids is 1. The van der Waals surface area contributed by atoms with E-state index in [1.807, 2.05) is 19.9 Å². The van der Waals surface area contributed by atoms with Gasteiger partial charge in [-0.2, -0.15) is 0 Å². The number of hydrogen-bond donors (Lipinski definition) is 2. The summed E-state index contributed by atoms with van der Waals surface area (Å²) in [6, 6.07) is 7.54. The van der Waals surface area contributed by atoms with Gasteiger partial charge in [0.15, 0.2) is 17.5 Å². The lowest BCUT2D eigenvalue weighted by atomic mass is 10.0. The highest BCUT2D eigenvalue weighted by molar-refractivity contribution is 5.98. The van der Waals surface area contributed by atoms with Crippen LogP contribution in [0.3, 0.4) is 0 Å². The first kappa shape index (κ1) is 19.3. The van der Waals surface area contributed by atoms with E-state index in [1.165, 1.54) is 14.2 Å². The summed E-state index contributed by atoms with van der Waals surface area (Å²) >= 11 is 0. The Bertz CT molecular complexity index is 824. The number of carboxylic acid groups (broad SMARTS) is 1. The Balaban J connectivity index is 2.38. The standard InChI is InChI=1S/C20H23NO5/c1-11-6-12(2)8-14(7-11)18(20(23)24)21-19(22)15-10-17(26-5)16(25-4)9-13(15)3/h6-10,18H,1-5H3,(H,21,22)(H,23,24). The van der Waals surface area contributed by atoms with Crippen LogP contribution in [0, 0.1) is 20.8 Å². The van der Waals surface area contributed by atoms with E-state index in [-0.39, 0.29) is 0 Å². The molecule has 0 heterocycles. The largest absolute Gasteiger partial charge is 0.493 e. The Morgan fingerprint density at radius 1 is 0.923 bits per heavy atom. The predicted molar refractivity (Wildman–Crippen MR) is 98.0 cm³/mol. The molecule has 6 nitrogen and oxygen atoms in total. The van der Waals surface area contributed by atoms with Crippen molar-refractivity contribution < 1.29 is 24.2 Å². The van der Waals surface area contributed by atoms with Crippen LogP contribution in [0.1, 0.15) is 38.7 Å². The smallest absolute Gasteiger partial charge is 0.330 e. The van der Waals surface area contributed by atoms with Gasteiger partial charge in [0.2, 0.25) is 0 Å². The lowest BCUT2D eigenvalue weighted by molar-refractivity contribution is -0.139. The SMILES string of the molecule is COc1cc(C)c(C(=O)NC(C(=O)O)c2cc(C)cc(C)c2)cc1OC. The summed E-state index contributed by atoms with van der Waals surface area (Å²) in [6.07, 6.45) is 0. The number of nitrogens with one attached hydrogen (secondary N) is 1. The quantitative estimate of drug-likeness (QED) is 0.829. The number of aryl methyl sites for hydroxylation is 3. The van der Waals surface area contributed by atoms with E-state index >= 15 is 0 Å². The van der Waals surface area contributed by atoms with E-state index < -0.39 is 17.9 Å². The predicted octanol–water partition coefficient (Wildman–Crippen LogP) is 3.18. The van der Waals surface area contributed by atoms with Crippen LogP contribution in [0.15, 0.2) is 30.3 Å². The zero-order valence-corrected chi connectivity index (χ0v) is 15.5. The minimum atomic E-state index is -1.14. The summed E-state index contributed by atoms with van der Waals surface area (Å²) < 4.78 is 10.4. The molecule has 1 atom stereocenters. The molecule has 2 rings (SSSR count). The molecular formula is C20H23NO5. The molecule has 0 aromatic heterocycles. The molecule has 2 aromatic rings. The van der Waals surface area contributed by atoms with Crippen LogP contribution >= 0.6 is 0 Å². The van der Waals surface area contributed by atoms with Crippen molar-refractivity contribution in [3.05, 3.63) is 58.1 Å². The second-order valence-electron chi connectivity index (χ2n) is 6.19. The van der Waals surface area contributed by atoms with Gasteiger partial charge >= 0.3 is 5.97 Å². The highest BCUT2D eigenvalue weighted by atomic mass is 16.5. The van der Waals surface area contributed by atoms with Crippen LogP contribution < -0.4 is 14.8 Å². The molecule has 0 bridgehead atoms. The Morgan fingerprint density at radius 3 is 1.96 bits per heavy atom. The Kier molecular flexibility index (Phi) is 5.87. The number of hydrogen-bond acceptors (Lipinski definition) is 4. The van der Waals surface area contributed by atoms with E-state index in [9.17, 15) is 14.7 Å². The normalized spacial score (nSPS) is 11.6. The van der Waals surface area contributed by atoms with Crippen molar-refractivity contribution in [2.75, 3.05) is 14.2 Å². The molecule has 1 amide bonds. The van der Waals surface area contributed by atoms with Crippen LogP contribution in [0.25, 0.3) is 0 Å². The minimum absolute atomic E-state index is 0.332. The van der Waals surface area contributed by atoms with Crippen LogP contribution in [0.5, 0.6) is 11.5 Å². The van der Waals surface area contributed by atoms with Crippen molar-refractivity contribution in [1.82, 2.24) is 5.32 Å². The zero-order valence-electron chi connectivity index (χ0n) is 15.5. The van der Waals surface area contributed by atoms with E-state index in [0.29, 0.717) is 28.2 Å². The van der Waals surface area contributed by atoms with Crippen molar-refractivity contribution in [1.29, 1.82) is 0 Å². The maximum absolute atomic E-state index is 12.7. The molecule has 2 N–H and O–H groups in total. The third kappa shape index (κ3) is 4.14. The van der Waals surface area contributed by atoms with Gasteiger partial charge in [-0.25, -0.2) is 4.79 Å². The zero-order chi connectivity index (χ0) is 19.4. The third-order valence-electron chi connectivity index (χ3n) is 4.07. The molecule has 0 radical (unpaired) electrons.